The molecule has 0 saturated carbocycles. The summed E-state index contributed by atoms with van der Waals surface area (Å²) in [5.74, 6) is 6.91. The smallest absolute Gasteiger partial charge is 0.107 e. The molecule has 0 radical (unpaired) electrons. The van der Waals surface area contributed by atoms with Gasteiger partial charge in [0.15, 0.2) is 0 Å². The summed E-state index contributed by atoms with van der Waals surface area (Å²) in [5, 5.41) is 0.781. The minimum Gasteiger partial charge on any atom is -0.368 e. The second kappa shape index (κ2) is 3.81. The first-order valence-electron chi connectivity index (χ1n) is 3.02. The van der Waals surface area contributed by atoms with Gasteiger partial charge >= 0.3 is 0 Å². The fourth-order valence-electron chi connectivity index (χ4n) is 0.478. The first kappa shape index (κ1) is 6.98. The van der Waals surface area contributed by atoms with E-state index in [0.29, 0.717) is 6.61 Å². The van der Waals surface area contributed by atoms with Crippen molar-refractivity contribution in [3.8, 4) is 11.8 Å². The molecule has 0 aromatic carbocycles. The minimum atomic E-state index is 0.605. The van der Waals surface area contributed by atoms with Crippen LogP contribution in [0.3, 0.4) is 0 Å². The summed E-state index contributed by atoms with van der Waals surface area (Å²) >= 11 is 1.95. The van der Waals surface area contributed by atoms with Gasteiger partial charge in [-0.15, -0.1) is 5.92 Å². The molecule has 1 aliphatic heterocycles. The Kier molecular flexibility index (Phi) is 2.96. The van der Waals surface area contributed by atoms with E-state index in [4.69, 9.17) is 4.74 Å². The monoisotopic (exact) mass is 142 g/mol. The molecule has 0 N–H and O–H groups in total. The molecule has 1 fully saturated rings. The molecule has 0 bridgehead atoms. The zero-order valence-corrected chi connectivity index (χ0v) is 6.33. The van der Waals surface area contributed by atoms with Gasteiger partial charge in [-0.25, -0.2) is 0 Å². The highest BCUT2D eigenvalue weighted by atomic mass is 32.2. The maximum Gasteiger partial charge on any atom is 0.107 e. The van der Waals surface area contributed by atoms with Crippen LogP contribution in [0.25, 0.3) is 0 Å². The van der Waals surface area contributed by atoms with E-state index in [-0.39, 0.29) is 0 Å². The predicted octanol–water partition coefficient (Wildman–Crippen LogP) is 1.14. The second-order valence-corrected chi connectivity index (χ2v) is 3.23. The predicted molar refractivity (Wildman–Crippen MR) is 40.5 cm³/mol. The van der Waals surface area contributed by atoms with Crippen LogP contribution in [0.2, 0.25) is 0 Å². The van der Waals surface area contributed by atoms with Gasteiger partial charge in [-0.2, -0.15) is 11.8 Å². The quantitative estimate of drug-likeness (QED) is 0.332. The molecule has 1 heterocycles. The maximum absolute atomic E-state index is 5.20. The topological polar surface area (TPSA) is 9.23 Å². The molecule has 1 aliphatic rings. The molecule has 1 saturated heterocycles. The third-order valence-corrected chi connectivity index (χ3v) is 2.00. The summed E-state index contributed by atoms with van der Waals surface area (Å²) in [5.41, 5.74) is 0. The van der Waals surface area contributed by atoms with Gasteiger partial charge in [-0.05, 0) is 6.92 Å². The van der Waals surface area contributed by atoms with Crippen LogP contribution in [0.4, 0.5) is 0 Å². The summed E-state index contributed by atoms with van der Waals surface area (Å²) in [6, 6.07) is 0. The Hall–Kier alpha value is -0.130. The molecule has 1 unspecified atom stereocenters. The van der Waals surface area contributed by atoms with Crippen LogP contribution in [0.1, 0.15) is 6.92 Å². The van der Waals surface area contributed by atoms with Crippen LogP contribution in [0.15, 0.2) is 0 Å². The van der Waals surface area contributed by atoms with Crippen molar-refractivity contribution in [1.82, 2.24) is 0 Å². The van der Waals surface area contributed by atoms with Crippen molar-refractivity contribution in [2.24, 2.45) is 0 Å². The van der Waals surface area contributed by atoms with Crippen LogP contribution in [0.5, 0.6) is 0 Å². The minimum absolute atomic E-state index is 0.605. The zero-order chi connectivity index (χ0) is 6.53. The zero-order valence-electron chi connectivity index (χ0n) is 5.52. The van der Waals surface area contributed by atoms with Crippen molar-refractivity contribution in [2.75, 3.05) is 19.0 Å². The fraction of sp³-hybridized carbons (Fsp3) is 0.714. The van der Waals surface area contributed by atoms with Crippen LogP contribution >= 0.6 is 11.8 Å². The van der Waals surface area contributed by atoms with Gasteiger partial charge in [-0.1, -0.05) is 5.92 Å². The normalized spacial score (nSPS) is 22.6. The highest BCUT2D eigenvalue weighted by molar-refractivity contribution is 8.06. The molecule has 9 heavy (non-hydrogen) atoms. The first-order valence-corrected chi connectivity index (χ1v) is 4.07. The SMILES string of the molecule is CC#CCOCC1CS1. The summed E-state index contributed by atoms with van der Waals surface area (Å²) in [6.45, 7) is 3.32. The number of thioether (sulfide) groups is 1. The first-order chi connectivity index (χ1) is 4.43. The van der Waals surface area contributed by atoms with Crippen molar-refractivity contribution in [3.63, 3.8) is 0 Å². The molecule has 0 amide bonds. The van der Waals surface area contributed by atoms with Gasteiger partial charge in [0.05, 0.1) is 6.61 Å². The lowest BCUT2D eigenvalue weighted by Crippen LogP contribution is -1.99. The number of hydrogen-bond donors (Lipinski definition) is 0. The Bertz CT molecular complexity index is 130. The van der Waals surface area contributed by atoms with Gasteiger partial charge in [0.25, 0.3) is 0 Å². The molecular weight excluding hydrogens is 132 g/mol. The highest BCUT2D eigenvalue weighted by Crippen LogP contribution is 2.29. The molecule has 1 nitrogen and oxygen atoms in total. The fourth-order valence-corrected chi connectivity index (χ4v) is 0.903. The van der Waals surface area contributed by atoms with E-state index in [1.807, 2.05) is 18.7 Å². The Morgan fingerprint density at radius 3 is 3.11 bits per heavy atom. The summed E-state index contributed by atoms with van der Waals surface area (Å²) in [4.78, 5) is 0. The van der Waals surface area contributed by atoms with Crippen molar-refractivity contribution in [2.45, 2.75) is 12.2 Å². The Labute approximate surface area is 60.2 Å². The van der Waals surface area contributed by atoms with Crippen LogP contribution in [-0.4, -0.2) is 24.2 Å². The average Bonchev–Trinajstić information content (AvgIpc) is 2.63. The second-order valence-electron chi connectivity index (χ2n) is 1.90. The molecule has 0 aromatic rings. The Morgan fingerprint density at radius 1 is 1.78 bits per heavy atom. The molecule has 2 heteroatoms. The molecular formula is C7H10OS. The van der Waals surface area contributed by atoms with Crippen LogP contribution in [-0.2, 0) is 4.74 Å². The molecule has 0 spiro atoms. The lowest BCUT2D eigenvalue weighted by atomic mass is 10.5. The van der Waals surface area contributed by atoms with Gasteiger partial charge in [0, 0.05) is 11.0 Å². The average molecular weight is 142 g/mol. The van der Waals surface area contributed by atoms with Gasteiger partial charge in [0.1, 0.15) is 6.61 Å². The molecule has 0 aromatic heterocycles. The summed E-state index contributed by atoms with van der Waals surface area (Å²) in [7, 11) is 0. The summed E-state index contributed by atoms with van der Waals surface area (Å²) in [6.07, 6.45) is 0. The van der Waals surface area contributed by atoms with E-state index in [2.05, 4.69) is 11.8 Å². The van der Waals surface area contributed by atoms with E-state index in [9.17, 15) is 0 Å². The van der Waals surface area contributed by atoms with Crippen molar-refractivity contribution in [3.05, 3.63) is 0 Å². The van der Waals surface area contributed by atoms with Gasteiger partial charge in [-0.3, -0.25) is 0 Å². The third-order valence-electron chi connectivity index (χ3n) is 1.06. The molecule has 1 atom stereocenters. The van der Waals surface area contributed by atoms with E-state index in [1.54, 1.807) is 0 Å². The Morgan fingerprint density at radius 2 is 2.56 bits per heavy atom. The van der Waals surface area contributed by atoms with E-state index in [0.717, 1.165) is 11.9 Å². The lowest BCUT2D eigenvalue weighted by molar-refractivity contribution is 0.176. The molecule has 0 aliphatic carbocycles. The largest absolute Gasteiger partial charge is 0.368 e. The Balaban J connectivity index is 1.84. The number of rotatable bonds is 3. The van der Waals surface area contributed by atoms with Gasteiger partial charge < -0.3 is 4.74 Å². The standard InChI is InChI=1S/C7H10OS/c1-2-3-4-8-5-7-6-9-7/h7H,4-6H2,1H3. The van der Waals surface area contributed by atoms with Crippen molar-refractivity contribution in [1.29, 1.82) is 0 Å². The van der Waals surface area contributed by atoms with Crippen molar-refractivity contribution >= 4 is 11.8 Å². The lowest BCUT2D eigenvalue weighted by Gasteiger charge is -1.92. The van der Waals surface area contributed by atoms with E-state index < -0.39 is 0 Å². The van der Waals surface area contributed by atoms with Gasteiger partial charge in [0.2, 0.25) is 0 Å². The van der Waals surface area contributed by atoms with Crippen molar-refractivity contribution < 1.29 is 4.74 Å². The van der Waals surface area contributed by atoms with Crippen LogP contribution < -0.4 is 0 Å². The maximum atomic E-state index is 5.20. The van der Waals surface area contributed by atoms with E-state index >= 15 is 0 Å². The van der Waals surface area contributed by atoms with Crippen LogP contribution in [0, 0.1) is 11.8 Å². The molecule has 1 rings (SSSR count). The molecule has 50 valence electrons. The highest BCUT2D eigenvalue weighted by Gasteiger charge is 2.21. The summed E-state index contributed by atoms with van der Waals surface area (Å²) < 4.78 is 5.20. The number of ether oxygens (including phenoxy) is 1. The third kappa shape index (κ3) is 3.45. The number of hydrogen-bond acceptors (Lipinski definition) is 2. The van der Waals surface area contributed by atoms with E-state index in [1.165, 1.54) is 5.75 Å².